The molecule has 1 unspecified atom stereocenters. The molecule has 1 rings (SSSR count). The van der Waals surface area contributed by atoms with Crippen LogP contribution in [0.5, 0.6) is 0 Å². The normalized spacial score (nSPS) is 12.1. The highest BCUT2D eigenvalue weighted by Gasteiger charge is 2.22. The second kappa shape index (κ2) is 6.38. The zero-order valence-electron chi connectivity index (χ0n) is 12.4. The van der Waals surface area contributed by atoms with Crippen molar-refractivity contribution in [3.8, 4) is 6.07 Å². The van der Waals surface area contributed by atoms with Crippen LogP contribution in [0, 0.1) is 24.2 Å². The Morgan fingerprint density at radius 3 is 2.53 bits per heavy atom. The van der Waals surface area contributed by atoms with Gasteiger partial charge in [0, 0.05) is 12.7 Å². The van der Waals surface area contributed by atoms with Crippen molar-refractivity contribution in [1.29, 1.82) is 5.26 Å². The molecule has 0 aliphatic heterocycles. The first-order valence-electron chi connectivity index (χ1n) is 6.70. The minimum Gasteiger partial charge on any atom is -0.314 e. The molecule has 0 aromatic heterocycles. The first-order valence-corrected chi connectivity index (χ1v) is 6.70. The molecule has 0 spiro atoms. The minimum atomic E-state index is -0.563. The van der Waals surface area contributed by atoms with Gasteiger partial charge in [0.2, 0.25) is 5.91 Å². The van der Waals surface area contributed by atoms with E-state index in [0.29, 0.717) is 12.3 Å². The zero-order valence-corrected chi connectivity index (χ0v) is 12.4. The van der Waals surface area contributed by atoms with Gasteiger partial charge < -0.3 is 4.90 Å². The van der Waals surface area contributed by atoms with Gasteiger partial charge in [-0.3, -0.25) is 4.79 Å². The van der Waals surface area contributed by atoms with Crippen LogP contribution < -0.4 is 4.90 Å². The third-order valence-corrected chi connectivity index (χ3v) is 3.45. The third-order valence-electron chi connectivity index (χ3n) is 3.45. The standard InChI is InChI=1S/C16H22N2O/c1-6-13(10-17)16(19)18(5)15-9-14(11(2)3)8-7-12(15)4/h7-9,11,13H,6H2,1-5H3. The highest BCUT2D eigenvalue weighted by atomic mass is 16.2. The molecule has 1 amide bonds. The maximum atomic E-state index is 12.2. The molecule has 0 aliphatic rings. The van der Waals surface area contributed by atoms with Crippen LogP contribution in [0.2, 0.25) is 0 Å². The molecule has 19 heavy (non-hydrogen) atoms. The monoisotopic (exact) mass is 258 g/mol. The zero-order chi connectivity index (χ0) is 14.6. The summed E-state index contributed by atoms with van der Waals surface area (Å²) in [5, 5.41) is 9.01. The molecule has 1 aromatic carbocycles. The number of nitriles is 1. The Hall–Kier alpha value is -1.82. The summed E-state index contributed by atoms with van der Waals surface area (Å²) in [5.41, 5.74) is 3.14. The Balaban J connectivity index is 3.12. The summed E-state index contributed by atoms with van der Waals surface area (Å²) in [6.07, 6.45) is 0.544. The summed E-state index contributed by atoms with van der Waals surface area (Å²) < 4.78 is 0. The summed E-state index contributed by atoms with van der Waals surface area (Å²) in [6, 6.07) is 8.23. The summed E-state index contributed by atoms with van der Waals surface area (Å²) >= 11 is 0. The lowest BCUT2D eigenvalue weighted by molar-refractivity contribution is -0.120. The van der Waals surface area contributed by atoms with E-state index in [1.165, 1.54) is 5.56 Å². The van der Waals surface area contributed by atoms with Crippen molar-refractivity contribution in [3.63, 3.8) is 0 Å². The van der Waals surface area contributed by atoms with Crippen molar-refractivity contribution >= 4 is 11.6 Å². The highest BCUT2D eigenvalue weighted by molar-refractivity contribution is 5.96. The molecular weight excluding hydrogens is 236 g/mol. The number of hydrogen-bond acceptors (Lipinski definition) is 2. The fourth-order valence-electron chi connectivity index (χ4n) is 2.02. The van der Waals surface area contributed by atoms with Gasteiger partial charge in [0.15, 0.2) is 0 Å². The third kappa shape index (κ3) is 3.35. The van der Waals surface area contributed by atoms with E-state index in [9.17, 15) is 4.79 Å². The average molecular weight is 258 g/mol. The molecule has 1 atom stereocenters. The van der Waals surface area contributed by atoms with Crippen LogP contribution in [0.3, 0.4) is 0 Å². The summed E-state index contributed by atoms with van der Waals surface area (Å²) in [5.74, 6) is -0.276. The van der Waals surface area contributed by atoms with Gasteiger partial charge in [-0.1, -0.05) is 32.9 Å². The van der Waals surface area contributed by atoms with Crippen LogP contribution in [0.4, 0.5) is 5.69 Å². The number of benzene rings is 1. The number of amides is 1. The Labute approximate surface area is 115 Å². The molecule has 0 aliphatic carbocycles. The highest BCUT2D eigenvalue weighted by Crippen LogP contribution is 2.26. The van der Waals surface area contributed by atoms with Crippen LogP contribution in [0.25, 0.3) is 0 Å². The van der Waals surface area contributed by atoms with E-state index in [4.69, 9.17) is 5.26 Å². The van der Waals surface area contributed by atoms with Crippen molar-refractivity contribution in [1.82, 2.24) is 0 Å². The van der Waals surface area contributed by atoms with Gasteiger partial charge in [-0.25, -0.2) is 0 Å². The van der Waals surface area contributed by atoms with Gasteiger partial charge in [0.25, 0.3) is 0 Å². The maximum absolute atomic E-state index is 12.2. The SMILES string of the molecule is CCC(C#N)C(=O)N(C)c1cc(C(C)C)ccc1C. The Morgan fingerprint density at radius 1 is 1.42 bits per heavy atom. The van der Waals surface area contributed by atoms with E-state index in [-0.39, 0.29) is 5.91 Å². The smallest absolute Gasteiger partial charge is 0.244 e. The van der Waals surface area contributed by atoms with Crippen molar-refractivity contribution in [3.05, 3.63) is 29.3 Å². The molecule has 0 bridgehead atoms. The summed E-state index contributed by atoms with van der Waals surface area (Å²) in [4.78, 5) is 13.9. The molecule has 0 radical (unpaired) electrons. The molecule has 0 N–H and O–H groups in total. The van der Waals surface area contributed by atoms with E-state index in [0.717, 1.165) is 11.3 Å². The molecule has 3 nitrogen and oxygen atoms in total. The van der Waals surface area contributed by atoms with E-state index < -0.39 is 5.92 Å². The lowest BCUT2D eigenvalue weighted by Gasteiger charge is -2.23. The lowest BCUT2D eigenvalue weighted by atomic mass is 9.99. The second-order valence-corrected chi connectivity index (χ2v) is 5.19. The molecule has 1 aromatic rings. The molecule has 3 heteroatoms. The summed E-state index contributed by atoms with van der Waals surface area (Å²) in [6.45, 7) is 8.09. The van der Waals surface area contributed by atoms with Gasteiger partial charge in [-0.05, 0) is 36.5 Å². The Morgan fingerprint density at radius 2 is 2.05 bits per heavy atom. The topological polar surface area (TPSA) is 44.1 Å². The van der Waals surface area contributed by atoms with Crippen molar-refractivity contribution in [2.24, 2.45) is 5.92 Å². The number of aryl methyl sites for hydroxylation is 1. The van der Waals surface area contributed by atoms with Crippen LogP contribution in [-0.4, -0.2) is 13.0 Å². The van der Waals surface area contributed by atoms with Crippen molar-refractivity contribution < 1.29 is 4.79 Å². The molecule has 0 saturated carbocycles. The number of nitrogens with zero attached hydrogens (tertiary/aromatic N) is 2. The van der Waals surface area contributed by atoms with Gasteiger partial charge in [0.05, 0.1) is 6.07 Å². The maximum Gasteiger partial charge on any atom is 0.244 e. The van der Waals surface area contributed by atoms with Crippen LogP contribution in [0.1, 0.15) is 44.2 Å². The lowest BCUT2D eigenvalue weighted by Crippen LogP contribution is -2.32. The first-order chi connectivity index (χ1) is 8.92. The Bertz CT molecular complexity index is 500. The van der Waals surface area contributed by atoms with E-state index >= 15 is 0 Å². The second-order valence-electron chi connectivity index (χ2n) is 5.19. The fourth-order valence-corrected chi connectivity index (χ4v) is 2.02. The number of carbonyl (C=O) groups is 1. The number of hydrogen-bond donors (Lipinski definition) is 0. The van der Waals surface area contributed by atoms with E-state index in [2.05, 4.69) is 26.0 Å². The Kier molecular flexibility index (Phi) is 5.11. The first kappa shape index (κ1) is 15.2. The van der Waals surface area contributed by atoms with Gasteiger partial charge in [0.1, 0.15) is 5.92 Å². The van der Waals surface area contributed by atoms with E-state index in [1.54, 1.807) is 11.9 Å². The number of rotatable bonds is 4. The largest absolute Gasteiger partial charge is 0.314 e. The van der Waals surface area contributed by atoms with Crippen LogP contribution >= 0.6 is 0 Å². The van der Waals surface area contributed by atoms with E-state index in [1.807, 2.05) is 26.0 Å². The number of anilines is 1. The van der Waals surface area contributed by atoms with Gasteiger partial charge in [-0.2, -0.15) is 5.26 Å². The fraction of sp³-hybridized carbons (Fsp3) is 0.500. The molecule has 0 heterocycles. The predicted octanol–water partition coefficient (Wildman–Crippen LogP) is 3.63. The average Bonchev–Trinajstić information content (AvgIpc) is 2.39. The van der Waals surface area contributed by atoms with Gasteiger partial charge >= 0.3 is 0 Å². The molecule has 0 fully saturated rings. The molecule has 102 valence electrons. The van der Waals surface area contributed by atoms with Crippen molar-refractivity contribution in [2.45, 2.75) is 40.0 Å². The summed E-state index contributed by atoms with van der Waals surface area (Å²) in [7, 11) is 1.74. The van der Waals surface area contributed by atoms with Crippen LogP contribution in [-0.2, 0) is 4.79 Å². The number of carbonyl (C=O) groups excluding carboxylic acids is 1. The van der Waals surface area contributed by atoms with Crippen LogP contribution in [0.15, 0.2) is 18.2 Å². The van der Waals surface area contributed by atoms with Gasteiger partial charge in [-0.15, -0.1) is 0 Å². The molecular formula is C16H22N2O. The van der Waals surface area contributed by atoms with Crippen molar-refractivity contribution in [2.75, 3.05) is 11.9 Å². The quantitative estimate of drug-likeness (QED) is 0.827. The molecule has 0 saturated heterocycles. The minimum absolute atomic E-state index is 0.131. The predicted molar refractivity (Wildman–Crippen MR) is 78.1 cm³/mol.